The van der Waals surface area contributed by atoms with Crippen molar-refractivity contribution >= 4 is 32.3 Å². The summed E-state index contributed by atoms with van der Waals surface area (Å²) < 4.78 is 13.9. The van der Waals surface area contributed by atoms with Gasteiger partial charge in [-0.05, 0) is 40.9 Å². The maximum absolute atomic E-state index is 13.4. The third-order valence-electron chi connectivity index (χ3n) is 2.35. The number of rotatable bonds is 3. The topological polar surface area (TPSA) is 38.9 Å². The molecular formula is C12H12BrFN2S. The Kier molecular flexibility index (Phi) is 3.79. The van der Waals surface area contributed by atoms with Gasteiger partial charge in [0.15, 0.2) is 0 Å². The van der Waals surface area contributed by atoms with Crippen LogP contribution in [0, 0.1) is 5.82 Å². The highest BCUT2D eigenvalue weighted by atomic mass is 79.9. The molecule has 1 aromatic carbocycles. The molecule has 0 aliphatic rings. The molecule has 0 aliphatic carbocycles. The lowest BCUT2D eigenvalue weighted by atomic mass is 10.1. The van der Waals surface area contributed by atoms with E-state index in [0.29, 0.717) is 15.2 Å². The zero-order chi connectivity index (χ0) is 12.4. The second kappa shape index (κ2) is 5.14. The van der Waals surface area contributed by atoms with E-state index in [9.17, 15) is 4.39 Å². The summed E-state index contributed by atoms with van der Waals surface area (Å²) >= 11 is 4.60. The van der Waals surface area contributed by atoms with E-state index in [1.54, 1.807) is 6.07 Å². The van der Waals surface area contributed by atoms with Crippen LogP contribution in [-0.2, 0) is 6.42 Å². The zero-order valence-corrected chi connectivity index (χ0v) is 11.7. The maximum Gasteiger partial charge on any atom is 0.138 e. The van der Waals surface area contributed by atoms with Gasteiger partial charge >= 0.3 is 0 Å². The number of hydrogen-bond donors (Lipinski definition) is 1. The molecule has 2 aromatic rings. The Balaban J connectivity index is 2.41. The molecule has 0 saturated heterocycles. The molecule has 0 aliphatic heterocycles. The lowest BCUT2D eigenvalue weighted by Crippen LogP contribution is -1.88. The molecule has 0 atom stereocenters. The Hall–Kier alpha value is -0.940. The van der Waals surface area contributed by atoms with Crippen molar-refractivity contribution in [1.82, 2.24) is 4.98 Å². The summed E-state index contributed by atoms with van der Waals surface area (Å²) in [4.78, 5) is 4.45. The fourth-order valence-electron chi connectivity index (χ4n) is 1.55. The van der Waals surface area contributed by atoms with Crippen LogP contribution in [0.1, 0.15) is 18.4 Å². The Labute approximate surface area is 112 Å². The number of aromatic nitrogens is 1. The number of halogens is 2. The maximum atomic E-state index is 13.4. The van der Waals surface area contributed by atoms with Crippen LogP contribution >= 0.6 is 27.3 Å². The van der Waals surface area contributed by atoms with Gasteiger partial charge in [-0.2, -0.15) is 0 Å². The molecule has 0 bridgehead atoms. The number of hydrogen-bond acceptors (Lipinski definition) is 3. The van der Waals surface area contributed by atoms with Crippen LogP contribution < -0.4 is 5.73 Å². The van der Waals surface area contributed by atoms with Gasteiger partial charge in [-0.3, -0.25) is 0 Å². The highest BCUT2D eigenvalue weighted by Gasteiger charge is 2.11. The van der Waals surface area contributed by atoms with Crippen LogP contribution in [0.2, 0.25) is 0 Å². The van der Waals surface area contributed by atoms with Crippen LogP contribution in [0.3, 0.4) is 0 Å². The van der Waals surface area contributed by atoms with Crippen LogP contribution in [0.15, 0.2) is 22.7 Å². The standard InChI is InChI=1S/C12H12BrFN2S/c1-2-3-10-16-11(12(15)17-10)7-4-5-8(13)9(14)6-7/h4-6H,2-3,15H2,1H3. The average Bonchev–Trinajstić information content (AvgIpc) is 2.64. The second-order valence-electron chi connectivity index (χ2n) is 3.70. The van der Waals surface area contributed by atoms with E-state index in [1.165, 1.54) is 17.4 Å². The van der Waals surface area contributed by atoms with Crippen LogP contribution in [-0.4, -0.2) is 4.98 Å². The van der Waals surface area contributed by atoms with E-state index in [1.807, 2.05) is 6.07 Å². The smallest absolute Gasteiger partial charge is 0.138 e. The molecule has 17 heavy (non-hydrogen) atoms. The minimum atomic E-state index is -0.299. The van der Waals surface area contributed by atoms with E-state index in [4.69, 9.17) is 5.73 Å². The van der Waals surface area contributed by atoms with Gasteiger partial charge in [0.2, 0.25) is 0 Å². The molecule has 2 N–H and O–H groups in total. The molecule has 1 aromatic heterocycles. The van der Waals surface area contributed by atoms with Crippen molar-refractivity contribution in [1.29, 1.82) is 0 Å². The Morgan fingerprint density at radius 1 is 1.47 bits per heavy atom. The third-order valence-corrected chi connectivity index (χ3v) is 3.94. The molecule has 0 saturated carbocycles. The molecule has 0 amide bonds. The van der Waals surface area contributed by atoms with E-state index >= 15 is 0 Å². The predicted molar refractivity (Wildman–Crippen MR) is 73.6 cm³/mol. The first kappa shape index (κ1) is 12.5. The van der Waals surface area contributed by atoms with Gasteiger partial charge in [0.1, 0.15) is 16.5 Å². The van der Waals surface area contributed by atoms with E-state index in [2.05, 4.69) is 27.8 Å². The molecule has 0 spiro atoms. The SMILES string of the molecule is CCCc1nc(-c2ccc(Br)c(F)c2)c(N)s1. The molecule has 1 heterocycles. The summed E-state index contributed by atoms with van der Waals surface area (Å²) in [5.41, 5.74) is 7.32. The number of anilines is 1. The fourth-order valence-corrected chi connectivity index (χ4v) is 2.75. The van der Waals surface area contributed by atoms with Gasteiger partial charge in [-0.25, -0.2) is 9.37 Å². The molecule has 2 nitrogen and oxygen atoms in total. The van der Waals surface area contributed by atoms with Crippen molar-refractivity contribution in [3.8, 4) is 11.3 Å². The lowest BCUT2D eigenvalue weighted by molar-refractivity contribution is 0.621. The van der Waals surface area contributed by atoms with Gasteiger partial charge in [0.05, 0.1) is 9.48 Å². The molecule has 0 fully saturated rings. The largest absolute Gasteiger partial charge is 0.389 e. The van der Waals surface area contributed by atoms with Crippen LogP contribution in [0.25, 0.3) is 11.3 Å². The van der Waals surface area contributed by atoms with Crippen molar-refractivity contribution in [2.45, 2.75) is 19.8 Å². The van der Waals surface area contributed by atoms with Gasteiger partial charge in [0, 0.05) is 5.56 Å². The first-order valence-corrected chi connectivity index (χ1v) is 6.93. The number of aryl methyl sites for hydroxylation is 1. The number of thiazole rings is 1. The highest BCUT2D eigenvalue weighted by Crippen LogP contribution is 2.32. The summed E-state index contributed by atoms with van der Waals surface area (Å²) in [6, 6.07) is 4.93. The van der Waals surface area contributed by atoms with Gasteiger partial charge in [-0.15, -0.1) is 11.3 Å². The van der Waals surface area contributed by atoms with Gasteiger partial charge < -0.3 is 5.73 Å². The molecule has 2 rings (SSSR count). The Morgan fingerprint density at radius 3 is 2.88 bits per heavy atom. The number of nitrogen functional groups attached to an aromatic ring is 1. The minimum absolute atomic E-state index is 0.299. The second-order valence-corrected chi connectivity index (χ2v) is 5.67. The lowest BCUT2D eigenvalue weighted by Gasteiger charge is -2.00. The highest BCUT2D eigenvalue weighted by molar-refractivity contribution is 9.10. The average molecular weight is 315 g/mol. The van der Waals surface area contributed by atoms with Gasteiger partial charge in [-0.1, -0.05) is 13.0 Å². The van der Waals surface area contributed by atoms with Gasteiger partial charge in [0.25, 0.3) is 0 Å². The molecule has 5 heteroatoms. The molecule has 0 radical (unpaired) electrons. The fraction of sp³-hybridized carbons (Fsp3) is 0.250. The number of benzene rings is 1. The first-order valence-electron chi connectivity index (χ1n) is 5.32. The van der Waals surface area contributed by atoms with Crippen molar-refractivity contribution < 1.29 is 4.39 Å². The first-order chi connectivity index (χ1) is 8.11. The van der Waals surface area contributed by atoms with Crippen molar-refractivity contribution in [3.05, 3.63) is 33.5 Å². The van der Waals surface area contributed by atoms with E-state index < -0.39 is 0 Å². The molecule has 0 unspecified atom stereocenters. The van der Waals surface area contributed by atoms with Crippen LogP contribution in [0.4, 0.5) is 9.39 Å². The van der Waals surface area contributed by atoms with E-state index in [0.717, 1.165) is 23.4 Å². The minimum Gasteiger partial charge on any atom is -0.389 e. The third kappa shape index (κ3) is 2.66. The van der Waals surface area contributed by atoms with Crippen LogP contribution in [0.5, 0.6) is 0 Å². The number of nitrogens with two attached hydrogens (primary N) is 1. The van der Waals surface area contributed by atoms with E-state index in [-0.39, 0.29) is 5.82 Å². The Bertz CT molecular complexity index is 539. The quantitative estimate of drug-likeness (QED) is 0.920. The summed E-state index contributed by atoms with van der Waals surface area (Å²) in [6.45, 7) is 2.09. The monoisotopic (exact) mass is 314 g/mol. The summed E-state index contributed by atoms with van der Waals surface area (Å²) in [7, 11) is 0. The molecular weight excluding hydrogens is 303 g/mol. The van der Waals surface area contributed by atoms with Crippen molar-refractivity contribution in [3.63, 3.8) is 0 Å². The predicted octanol–water partition coefficient (Wildman–Crippen LogP) is 4.25. The summed E-state index contributed by atoms with van der Waals surface area (Å²) in [6.07, 6.45) is 1.94. The number of nitrogens with zero attached hydrogens (tertiary/aromatic N) is 1. The summed E-state index contributed by atoms with van der Waals surface area (Å²) in [5.74, 6) is -0.299. The normalized spacial score (nSPS) is 10.8. The van der Waals surface area contributed by atoms with Crippen molar-refractivity contribution in [2.75, 3.05) is 5.73 Å². The zero-order valence-electron chi connectivity index (χ0n) is 9.34. The Morgan fingerprint density at radius 2 is 2.24 bits per heavy atom. The summed E-state index contributed by atoms with van der Waals surface area (Å²) in [5, 5.41) is 1.65. The molecule has 90 valence electrons. The van der Waals surface area contributed by atoms with Crippen molar-refractivity contribution in [2.24, 2.45) is 0 Å².